The first-order valence-electron chi connectivity index (χ1n) is 9.98. The van der Waals surface area contributed by atoms with E-state index >= 15 is 0 Å². The summed E-state index contributed by atoms with van der Waals surface area (Å²) in [5.74, 6) is 1.26. The summed E-state index contributed by atoms with van der Waals surface area (Å²) in [5, 5.41) is 16.0. The molecule has 0 spiro atoms. The van der Waals surface area contributed by atoms with Gasteiger partial charge in [-0.1, -0.05) is 35.1 Å². The average molecular weight is 511 g/mol. The SMILES string of the molecule is CSc1ccc(Cc2nc3s/c(=C\c4ccc(-c5ccc(Cl)cc5[N+](=O)[O-])o4)c(=O)n3n2)cc1. The summed E-state index contributed by atoms with van der Waals surface area (Å²) in [4.78, 5) is 29.8. The number of furan rings is 1. The summed E-state index contributed by atoms with van der Waals surface area (Å²) in [6, 6.07) is 15.8. The minimum atomic E-state index is -0.516. The summed E-state index contributed by atoms with van der Waals surface area (Å²) in [6.07, 6.45) is 4.13. The summed E-state index contributed by atoms with van der Waals surface area (Å²) in [6.45, 7) is 0. The maximum Gasteiger partial charge on any atom is 0.291 e. The number of thioether (sulfide) groups is 1. The fourth-order valence-corrected chi connectivity index (χ4v) is 4.93. The lowest BCUT2D eigenvalue weighted by atomic mass is 10.1. The van der Waals surface area contributed by atoms with E-state index in [2.05, 4.69) is 10.1 Å². The first-order valence-corrected chi connectivity index (χ1v) is 12.4. The third-order valence-electron chi connectivity index (χ3n) is 5.07. The zero-order chi connectivity index (χ0) is 23.8. The molecule has 11 heteroatoms. The molecule has 5 rings (SSSR count). The van der Waals surface area contributed by atoms with Gasteiger partial charge in [0.05, 0.1) is 10.5 Å². The molecule has 2 aromatic carbocycles. The topological polar surface area (TPSA) is 104 Å². The van der Waals surface area contributed by atoms with E-state index in [4.69, 9.17) is 16.0 Å². The van der Waals surface area contributed by atoms with Crippen molar-refractivity contribution in [2.75, 3.05) is 6.26 Å². The molecule has 5 aromatic rings. The fraction of sp³-hybridized carbons (Fsp3) is 0.0870. The molecule has 3 aromatic heterocycles. The molecule has 8 nitrogen and oxygen atoms in total. The number of fused-ring (bicyclic) bond motifs is 1. The van der Waals surface area contributed by atoms with Gasteiger partial charge in [-0.15, -0.1) is 16.9 Å². The van der Waals surface area contributed by atoms with Crippen LogP contribution in [-0.2, 0) is 6.42 Å². The molecule has 0 aliphatic carbocycles. The maximum atomic E-state index is 12.8. The van der Waals surface area contributed by atoms with E-state index in [1.165, 1.54) is 32.9 Å². The van der Waals surface area contributed by atoms with Crippen molar-refractivity contribution in [1.29, 1.82) is 0 Å². The van der Waals surface area contributed by atoms with E-state index in [9.17, 15) is 14.9 Å². The molecule has 0 aliphatic rings. The Hall–Kier alpha value is -3.47. The van der Waals surface area contributed by atoms with Crippen LogP contribution in [0.4, 0.5) is 5.69 Å². The second-order valence-electron chi connectivity index (χ2n) is 7.28. The predicted octanol–water partition coefficient (Wildman–Crippen LogP) is 4.83. The number of rotatable bonds is 6. The Kier molecular flexibility index (Phi) is 5.94. The molecule has 170 valence electrons. The molecular formula is C23H15ClN4O4S2. The van der Waals surface area contributed by atoms with Gasteiger partial charge in [-0.25, -0.2) is 4.98 Å². The monoisotopic (exact) mass is 510 g/mol. The van der Waals surface area contributed by atoms with Crippen molar-refractivity contribution >= 4 is 51.4 Å². The quantitative estimate of drug-likeness (QED) is 0.183. The van der Waals surface area contributed by atoms with Gasteiger partial charge in [0.2, 0.25) is 4.96 Å². The van der Waals surface area contributed by atoms with Gasteiger partial charge in [-0.3, -0.25) is 14.9 Å². The average Bonchev–Trinajstić information content (AvgIpc) is 3.52. The van der Waals surface area contributed by atoms with E-state index in [1.54, 1.807) is 36.0 Å². The molecular weight excluding hydrogens is 496 g/mol. The third kappa shape index (κ3) is 4.35. The summed E-state index contributed by atoms with van der Waals surface area (Å²) >= 11 is 8.76. The van der Waals surface area contributed by atoms with Gasteiger partial charge in [-0.05, 0) is 48.2 Å². The van der Waals surface area contributed by atoms with Gasteiger partial charge in [0.15, 0.2) is 5.82 Å². The van der Waals surface area contributed by atoms with Gasteiger partial charge in [-0.2, -0.15) is 4.52 Å². The van der Waals surface area contributed by atoms with Crippen LogP contribution in [0.5, 0.6) is 0 Å². The number of benzene rings is 2. The first kappa shape index (κ1) is 22.3. The van der Waals surface area contributed by atoms with Crippen LogP contribution in [0.1, 0.15) is 17.1 Å². The molecule has 0 bridgehead atoms. The summed E-state index contributed by atoms with van der Waals surface area (Å²) in [7, 11) is 0. The minimum absolute atomic E-state index is 0.160. The highest BCUT2D eigenvalue weighted by Gasteiger charge is 2.19. The van der Waals surface area contributed by atoms with Crippen molar-refractivity contribution in [3.05, 3.63) is 102 Å². The van der Waals surface area contributed by atoms with Crippen molar-refractivity contribution in [2.24, 2.45) is 0 Å². The van der Waals surface area contributed by atoms with Gasteiger partial charge < -0.3 is 4.42 Å². The number of aromatic nitrogens is 3. The molecule has 34 heavy (non-hydrogen) atoms. The Labute approximate surface area is 205 Å². The van der Waals surface area contributed by atoms with Gasteiger partial charge in [0.25, 0.3) is 11.2 Å². The van der Waals surface area contributed by atoms with Crippen LogP contribution in [0.2, 0.25) is 5.02 Å². The second-order valence-corrected chi connectivity index (χ2v) is 9.61. The Morgan fingerprint density at radius 3 is 2.71 bits per heavy atom. The van der Waals surface area contributed by atoms with Crippen LogP contribution in [0.15, 0.2) is 68.7 Å². The minimum Gasteiger partial charge on any atom is -0.456 e. The van der Waals surface area contributed by atoms with Crippen LogP contribution in [-0.4, -0.2) is 25.8 Å². The highest BCUT2D eigenvalue weighted by atomic mass is 35.5. The zero-order valence-electron chi connectivity index (χ0n) is 17.6. The van der Waals surface area contributed by atoms with E-state index in [1.807, 2.05) is 30.5 Å². The molecule has 0 unspecified atom stereocenters. The Morgan fingerprint density at radius 2 is 2.00 bits per heavy atom. The number of nitro groups is 1. The van der Waals surface area contributed by atoms with E-state index in [0.717, 1.165) is 5.56 Å². The van der Waals surface area contributed by atoms with Crippen molar-refractivity contribution in [1.82, 2.24) is 14.6 Å². The van der Waals surface area contributed by atoms with E-state index in [-0.39, 0.29) is 16.3 Å². The largest absolute Gasteiger partial charge is 0.456 e. The van der Waals surface area contributed by atoms with Crippen LogP contribution in [0.25, 0.3) is 22.4 Å². The number of nitro benzene ring substituents is 1. The van der Waals surface area contributed by atoms with Crippen molar-refractivity contribution in [2.45, 2.75) is 11.3 Å². The van der Waals surface area contributed by atoms with Crippen LogP contribution < -0.4 is 10.1 Å². The van der Waals surface area contributed by atoms with Gasteiger partial charge in [0.1, 0.15) is 16.1 Å². The standard InChI is InChI=1S/C23H15ClN4O4S2/c1-33-16-6-2-13(3-7-16)10-21-25-23-27(26-21)22(29)20(34-23)12-15-5-9-19(32-15)17-8-4-14(24)11-18(17)28(30)31/h2-9,11-12H,10H2,1H3/b20-12-. The van der Waals surface area contributed by atoms with Crippen LogP contribution in [0, 0.1) is 10.1 Å². The lowest BCUT2D eigenvalue weighted by Crippen LogP contribution is -2.23. The van der Waals surface area contributed by atoms with Crippen LogP contribution in [0.3, 0.4) is 0 Å². The maximum absolute atomic E-state index is 12.8. The molecule has 0 saturated carbocycles. The smallest absolute Gasteiger partial charge is 0.291 e. The fourth-order valence-electron chi connectivity index (χ4n) is 3.44. The molecule has 0 amide bonds. The molecule has 0 saturated heterocycles. The highest BCUT2D eigenvalue weighted by molar-refractivity contribution is 7.98. The highest BCUT2D eigenvalue weighted by Crippen LogP contribution is 2.33. The predicted molar refractivity (Wildman–Crippen MR) is 133 cm³/mol. The number of thiazole rings is 1. The van der Waals surface area contributed by atoms with Gasteiger partial charge in [0, 0.05) is 28.5 Å². The van der Waals surface area contributed by atoms with E-state index < -0.39 is 4.92 Å². The first-order chi connectivity index (χ1) is 16.4. The summed E-state index contributed by atoms with van der Waals surface area (Å²) in [5.41, 5.74) is 0.906. The lowest BCUT2D eigenvalue weighted by Gasteiger charge is -2.00. The number of nitrogens with zero attached hydrogens (tertiary/aromatic N) is 4. The zero-order valence-corrected chi connectivity index (χ0v) is 20.0. The van der Waals surface area contributed by atoms with Crippen molar-refractivity contribution < 1.29 is 9.34 Å². The second kappa shape index (κ2) is 9.05. The lowest BCUT2D eigenvalue weighted by molar-refractivity contribution is -0.384. The molecule has 0 atom stereocenters. The molecule has 0 radical (unpaired) electrons. The number of hydrogen-bond donors (Lipinski definition) is 0. The van der Waals surface area contributed by atoms with Crippen LogP contribution >= 0.6 is 34.7 Å². The van der Waals surface area contributed by atoms with Crippen molar-refractivity contribution in [3.8, 4) is 11.3 Å². The Morgan fingerprint density at radius 1 is 1.21 bits per heavy atom. The Balaban J connectivity index is 1.44. The molecule has 0 fully saturated rings. The summed E-state index contributed by atoms with van der Waals surface area (Å²) < 4.78 is 7.45. The Bertz CT molecular complexity index is 1640. The normalized spacial score (nSPS) is 12.0. The van der Waals surface area contributed by atoms with E-state index in [0.29, 0.717) is 38.8 Å². The number of hydrogen-bond acceptors (Lipinski definition) is 8. The molecule has 3 heterocycles. The molecule has 0 aliphatic heterocycles. The third-order valence-corrected chi connectivity index (χ3v) is 7.01. The van der Waals surface area contributed by atoms with Crippen molar-refractivity contribution in [3.63, 3.8) is 0 Å². The number of halogens is 1. The molecule has 0 N–H and O–H groups in total. The van der Waals surface area contributed by atoms with Gasteiger partial charge >= 0.3 is 0 Å².